The van der Waals surface area contributed by atoms with Crippen LogP contribution in [0, 0.1) is 24.7 Å². The normalized spacial score (nSPS) is 24.1. The molecule has 6 nitrogen and oxygen atoms in total. The lowest BCUT2D eigenvalue weighted by Gasteiger charge is -2.28. The molecule has 0 unspecified atom stereocenters. The van der Waals surface area contributed by atoms with Gasteiger partial charge < -0.3 is 14.4 Å². The summed E-state index contributed by atoms with van der Waals surface area (Å²) in [6.07, 6.45) is 7.09. The van der Waals surface area contributed by atoms with Gasteiger partial charge in [0.25, 0.3) is 5.91 Å². The highest BCUT2D eigenvalue weighted by Crippen LogP contribution is 2.44. The van der Waals surface area contributed by atoms with Gasteiger partial charge in [0.05, 0.1) is 0 Å². The van der Waals surface area contributed by atoms with E-state index < -0.39 is 0 Å². The van der Waals surface area contributed by atoms with E-state index in [1.807, 2.05) is 43.1 Å². The molecule has 1 fully saturated rings. The zero-order chi connectivity index (χ0) is 19.3. The number of amides is 1. The highest BCUT2D eigenvalue weighted by atomic mass is 16.7. The van der Waals surface area contributed by atoms with E-state index in [-0.39, 0.29) is 12.7 Å². The Hall–Kier alpha value is -2.76. The van der Waals surface area contributed by atoms with Gasteiger partial charge in [-0.2, -0.15) is 5.10 Å². The minimum absolute atomic E-state index is 0.00637. The maximum atomic E-state index is 13.3. The Labute approximate surface area is 164 Å². The predicted molar refractivity (Wildman–Crippen MR) is 104 cm³/mol. The highest BCUT2D eigenvalue weighted by Gasteiger charge is 2.37. The lowest BCUT2D eigenvalue weighted by molar-refractivity contribution is 0.0697. The van der Waals surface area contributed by atoms with Crippen LogP contribution in [-0.2, 0) is 13.6 Å². The Morgan fingerprint density at radius 3 is 2.79 bits per heavy atom. The second-order valence-electron chi connectivity index (χ2n) is 8.21. The molecule has 1 aromatic carbocycles. The van der Waals surface area contributed by atoms with Gasteiger partial charge in [-0.25, -0.2) is 0 Å². The van der Waals surface area contributed by atoms with Crippen LogP contribution in [0.5, 0.6) is 11.5 Å². The van der Waals surface area contributed by atoms with Crippen LogP contribution in [-0.4, -0.2) is 33.9 Å². The molecule has 2 heterocycles. The van der Waals surface area contributed by atoms with Gasteiger partial charge in [-0.15, -0.1) is 0 Å². The Morgan fingerprint density at radius 2 is 2.07 bits per heavy atom. The number of hydrogen-bond donors (Lipinski definition) is 0. The van der Waals surface area contributed by atoms with Crippen LogP contribution in [0.1, 0.15) is 34.6 Å². The Morgan fingerprint density at radius 1 is 1.21 bits per heavy atom. The Balaban J connectivity index is 1.40. The first-order valence-electron chi connectivity index (χ1n) is 9.93. The summed E-state index contributed by atoms with van der Waals surface area (Å²) in [6.45, 7) is 3.52. The van der Waals surface area contributed by atoms with Gasteiger partial charge in [-0.05, 0) is 61.3 Å². The fourth-order valence-corrected chi connectivity index (χ4v) is 4.69. The second kappa shape index (κ2) is 6.69. The summed E-state index contributed by atoms with van der Waals surface area (Å²) in [5.41, 5.74) is 2.54. The largest absolute Gasteiger partial charge is 0.454 e. The van der Waals surface area contributed by atoms with Crippen molar-refractivity contribution in [1.29, 1.82) is 0 Å². The van der Waals surface area contributed by atoms with Gasteiger partial charge in [0, 0.05) is 25.8 Å². The average molecular weight is 379 g/mol. The van der Waals surface area contributed by atoms with Crippen LogP contribution in [0.15, 0.2) is 36.4 Å². The van der Waals surface area contributed by atoms with Crippen LogP contribution in [0.25, 0.3) is 0 Å². The van der Waals surface area contributed by atoms with Crippen molar-refractivity contribution in [3.63, 3.8) is 0 Å². The summed E-state index contributed by atoms with van der Waals surface area (Å²) >= 11 is 0. The van der Waals surface area contributed by atoms with Crippen LogP contribution < -0.4 is 9.47 Å². The van der Waals surface area contributed by atoms with Gasteiger partial charge in [0.15, 0.2) is 17.2 Å². The number of hydrogen-bond acceptors (Lipinski definition) is 4. The summed E-state index contributed by atoms with van der Waals surface area (Å²) in [4.78, 5) is 15.3. The lowest BCUT2D eigenvalue weighted by Crippen LogP contribution is -2.36. The molecule has 1 saturated carbocycles. The van der Waals surface area contributed by atoms with Crippen LogP contribution in [0.2, 0.25) is 0 Å². The van der Waals surface area contributed by atoms with E-state index in [2.05, 4.69) is 17.3 Å². The summed E-state index contributed by atoms with van der Waals surface area (Å²) in [5.74, 6) is 3.32. The molecule has 2 aromatic rings. The number of benzene rings is 1. The first-order valence-corrected chi connectivity index (χ1v) is 9.93. The molecule has 1 aromatic heterocycles. The maximum Gasteiger partial charge on any atom is 0.274 e. The number of rotatable bonds is 5. The third-order valence-corrected chi connectivity index (χ3v) is 6.30. The molecule has 0 radical (unpaired) electrons. The fraction of sp³-hybridized carbons (Fsp3) is 0.455. The quantitative estimate of drug-likeness (QED) is 0.748. The Kier molecular flexibility index (Phi) is 4.14. The van der Waals surface area contributed by atoms with E-state index in [9.17, 15) is 4.79 Å². The van der Waals surface area contributed by atoms with Crippen molar-refractivity contribution in [3.8, 4) is 11.5 Å². The van der Waals surface area contributed by atoms with E-state index in [1.165, 1.54) is 12.8 Å². The predicted octanol–water partition coefficient (Wildman–Crippen LogP) is 3.31. The molecule has 0 spiro atoms. The fourth-order valence-electron chi connectivity index (χ4n) is 4.69. The number of fused-ring (bicyclic) bond motifs is 3. The summed E-state index contributed by atoms with van der Waals surface area (Å²) < 4.78 is 12.7. The van der Waals surface area contributed by atoms with Gasteiger partial charge in [-0.3, -0.25) is 9.48 Å². The van der Waals surface area contributed by atoms with Crippen LogP contribution >= 0.6 is 0 Å². The van der Waals surface area contributed by atoms with Gasteiger partial charge >= 0.3 is 0 Å². The SMILES string of the molecule is Cc1cc(C(=O)N(Cc2ccc3c(c2)OCO3)C[C@H]2C[C@H]3C=C[C@H]2C3)nn1C. The van der Waals surface area contributed by atoms with Crippen molar-refractivity contribution >= 4 is 5.91 Å². The molecule has 3 aliphatic rings. The summed E-state index contributed by atoms with van der Waals surface area (Å²) in [7, 11) is 1.87. The molecule has 2 aliphatic carbocycles. The third kappa shape index (κ3) is 3.07. The van der Waals surface area contributed by atoms with Crippen LogP contribution in [0.3, 0.4) is 0 Å². The summed E-state index contributed by atoms with van der Waals surface area (Å²) in [5, 5.41) is 4.42. The zero-order valence-corrected chi connectivity index (χ0v) is 16.3. The highest BCUT2D eigenvalue weighted by molar-refractivity contribution is 5.92. The average Bonchev–Trinajstić information content (AvgIpc) is 3.46. The van der Waals surface area contributed by atoms with E-state index in [0.29, 0.717) is 30.0 Å². The molecular weight excluding hydrogens is 354 g/mol. The molecular formula is C22H25N3O3. The number of ether oxygens (including phenoxy) is 2. The number of carbonyl (C=O) groups excluding carboxylic acids is 1. The van der Waals surface area contributed by atoms with Gasteiger partial charge in [-0.1, -0.05) is 18.2 Å². The van der Waals surface area contributed by atoms with Crippen molar-refractivity contribution in [2.75, 3.05) is 13.3 Å². The van der Waals surface area contributed by atoms with E-state index >= 15 is 0 Å². The zero-order valence-electron chi connectivity index (χ0n) is 16.3. The Bertz CT molecular complexity index is 929. The standard InChI is InChI=1S/C22H25N3O3/c1-14-7-19(23-24(14)2)22(26)25(12-18-9-15-3-5-17(18)8-15)11-16-4-6-20-21(10-16)28-13-27-20/h3-7,10,15,17-18H,8-9,11-13H2,1-2H3/t15-,17-,18+/m0/s1. The first-order chi connectivity index (χ1) is 13.6. The number of allylic oxidation sites excluding steroid dienone is 2. The first kappa shape index (κ1) is 17.3. The van der Waals surface area contributed by atoms with Crippen molar-refractivity contribution in [2.45, 2.75) is 26.3 Å². The monoisotopic (exact) mass is 379 g/mol. The van der Waals surface area contributed by atoms with E-state index in [0.717, 1.165) is 29.3 Å². The molecule has 1 aliphatic heterocycles. The number of nitrogens with zero attached hydrogens (tertiary/aromatic N) is 3. The number of aromatic nitrogens is 2. The third-order valence-electron chi connectivity index (χ3n) is 6.30. The number of aryl methyl sites for hydroxylation is 2. The summed E-state index contributed by atoms with van der Waals surface area (Å²) in [6, 6.07) is 7.78. The molecule has 6 heteroatoms. The van der Waals surface area contributed by atoms with Crippen molar-refractivity contribution in [2.24, 2.45) is 24.8 Å². The minimum Gasteiger partial charge on any atom is -0.454 e. The maximum absolute atomic E-state index is 13.3. The molecule has 28 heavy (non-hydrogen) atoms. The molecule has 0 N–H and O–H groups in total. The van der Waals surface area contributed by atoms with Crippen molar-refractivity contribution < 1.29 is 14.3 Å². The topological polar surface area (TPSA) is 56.6 Å². The van der Waals surface area contributed by atoms with E-state index in [1.54, 1.807) is 4.68 Å². The molecule has 146 valence electrons. The molecule has 5 rings (SSSR count). The van der Waals surface area contributed by atoms with Gasteiger partial charge in [0.2, 0.25) is 6.79 Å². The molecule has 0 saturated heterocycles. The van der Waals surface area contributed by atoms with E-state index in [4.69, 9.17) is 9.47 Å². The van der Waals surface area contributed by atoms with Crippen molar-refractivity contribution in [3.05, 3.63) is 53.4 Å². The van der Waals surface area contributed by atoms with Crippen LogP contribution in [0.4, 0.5) is 0 Å². The minimum atomic E-state index is -0.00637. The lowest BCUT2D eigenvalue weighted by atomic mass is 9.93. The molecule has 3 atom stereocenters. The molecule has 2 bridgehead atoms. The van der Waals surface area contributed by atoms with Gasteiger partial charge in [0.1, 0.15) is 0 Å². The number of carbonyl (C=O) groups is 1. The molecule has 1 amide bonds. The van der Waals surface area contributed by atoms with Crippen molar-refractivity contribution in [1.82, 2.24) is 14.7 Å². The second-order valence-corrected chi connectivity index (χ2v) is 8.21. The smallest absolute Gasteiger partial charge is 0.274 e.